The lowest BCUT2D eigenvalue weighted by Crippen LogP contribution is -2.27. The van der Waals surface area contributed by atoms with Crippen molar-refractivity contribution in [2.45, 2.75) is 51.1 Å². The van der Waals surface area contributed by atoms with Gasteiger partial charge in [-0.1, -0.05) is 19.3 Å². The van der Waals surface area contributed by atoms with Crippen molar-refractivity contribution in [1.82, 2.24) is 14.8 Å². The van der Waals surface area contributed by atoms with Gasteiger partial charge in [0.15, 0.2) is 0 Å². The van der Waals surface area contributed by atoms with Crippen molar-refractivity contribution in [3.63, 3.8) is 0 Å². The molecule has 0 spiro atoms. The van der Waals surface area contributed by atoms with Crippen LogP contribution in [0.1, 0.15) is 56.9 Å². The van der Waals surface area contributed by atoms with Crippen LogP contribution >= 0.6 is 0 Å². The summed E-state index contributed by atoms with van der Waals surface area (Å²) < 4.78 is 1.75. The van der Waals surface area contributed by atoms with Gasteiger partial charge in [-0.2, -0.15) is 5.10 Å². The van der Waals surface area contributed by atoms with Gasteiger partial charge in [0.25, 0.3) is 0 Å². The number of hydrogen-bond acceptors (Lipinski definition) is 3. The van der Waals surface area contributed by atoms with E-state index < -0.39 is 0 Å². The molecule has 1 aliphatic rings. The fraction of sp³-hybridized carbons (Fsp3) is 0.800. The first kappa shape index (κ1) is 10.4. The summed E-state index contributed by atoms with van der Waals surface area (Å²) in [5.74, 6) is 0.687. The zero-order valence-corrected chi connectivity index (χ0v) is 9.07. The van der Waals surface area contributed by atoms with E-state index >= 15 is 0 Å². The van der Waals surface area contributed by atoms with E-state index in [2.05, 4.69) is 10.2 Å². The summed E-state index contributed by atoms with van der Waals surface area (Å²) in [6.07, 6.45) is 5.80. The minimum Gasteiger partial charge on any atom is -0.322 e. The molecule has 0 radical (unpaired) electrons. The highest BCUT2D eigenvalue weighted by Gasteiger charge is 2.22. The quantitative estimate of drug-likeness (QED) is 0.767. The molecule has 1 saturated carbocycles. The van der Waals surface area contributed by atoms with E-state index in [1.54, 1.807) is 4.57 Å². The van der Waals surface area contributed by atoms with E-state index in [0.717, 1.165) is 12.8 Å². The van der Waals surface area contributed by atoms with Gasteiger partial charge in [0, 0.05) is 6.04 Å². The number of rotatable bonds is 2. The fourth-order valence-electron chi connectivity index (χ4n) is 2.33. The third kappa shape index (κ3) is 1.97. The molecule has 1 aliphatic carbocycles. The summed E-state index contributed by atoms with van der Waals surface area (Å²) in [7, 11) is 0. The molecule has 1 fully saturated rings. The van der Waals surface area contributed by atoms with Crippen LogP contribution < -0.4 is 11.4 Å². The van der Waals surface area contributed by atoms with Crippen LogP contribution in [-0.2, 0) is 0 Å². The van der Waals surface area contributed by atoms with Gasteiger partial charge in [0.05, 0.1) is 6.04 Å². The van der Waals surface area contributed by atoms with Crippen LogP contribution in [0.25, 0.3) is 0 Å². The predicted molar refractivity (Wildman–Crippen MR) is 57.6 cm³/mol. The topological polar surface area (TPSA) is 76.7 Å². The van der Waals surface area contributed by atoms with Crippen molar-refractivity contribution >= 4 is 0 Å². The molecule has 0 aliphatic heterocycles. The van der Waals surface area contributed by atoms with Gasteiger partial charge in [-0.25, -0.2) is 9.89 Å². The van der Waals surface area contributed by atoms with Gasteiger partial charge < -0.3 is 5.73 Å². The minimum atomic E-state index is -0.189. The Morgan fingerprint density at radius 1 is 1.47 bits per heavy atom. The maximum atomic E-state index is 11.6. The Labute approximate surface area is 88.7 Å². The van der Waals surface area contributed by atoms with Crippen LogP contribution in [0.3, 0.4) is 0 Å². The van der Waals surface area contributed by atoms with Gasteiger partial charge in [-0.05, 0) is 19.8 Å². The van der Waals surface area contributed by atoms with Crippen LogP contribution in [0.15, 0.2) is 4.79 Å². The van der Waals surface area contributed by atoms with E-state index in [-0.39, 0.29) is 11.7 Å². The average molecular weight is 210 g/mol. The van der Waals surface area contributed by atoms with Crippen LogP contribution in [0.2, 0.25) is 0 Å². The molecule has 1 heterocycles. The summed E-state index contributed by atoms with van der Waals surface area (Å²) in [6, 6.07) is 0.108. The molecule has 3 N–H and O–H groups in total. The van der Waals surface area contributed by atoms with Crippen molar-refractivity contribution in [2.24, 2.45) is 5.73 Å². The molecular weight excluding hydrogens is 192 g/mol. The first-order valence-electron chi connectivity index (χ1n) is 5.62. The highest BCUT2D eigenvalue weighted by Crippen LogP contribution is 2.28. The second kappa shape index (κ2) is 4.18. The lowest BCUT2D eigenvalue weighted by atomic mass is 9.95. The Bertz CT molecular complexity index is 373. The lowest BCUT2D eigenvalue weighted by molar-refractivity contribution is 0.335. The molecule has 84 valence electrons. The van der Waals surface area contributed by atoms with Crippen molar-refractivity contribution in [3.8, 4) is 0 Å². The maximum absolute atomic E-state index is 11.6. The summed E-state index contributed by atoms with van der Waals surface area (Å²) in [6.45, 7) is 1.86. The van der Waals surface area contributed by atoms with Crippen molar-refractivity contribution in [2.75, 3.05) is 0 Å². The highest BCUT2D eigenvalue weighted by atomic mass is 16.1. The molecule has 1 atom stereocenters. The molecule has 5 heteroatoms. The number of H-pyrrole nitrogens is 1. The molecule has 0 aromatic carbocycles. The van der Waals surface area contributed by atoms with Gasteiger partial charge in [-0.15, -0.1) is 0 Å². The van der Waals surface area contributed by atoms with Crippen LogP contribution in [0, 0.1) is 0 Å². The van der Waals surface area contributed by atoms with Crippen LogP contribution in [-0.4, -0.2) is 14.8 Å². The number of nitrogens with zero attached hydrogens (tertiary/aromatic N) is 2. The summed E-state index contributed by atoms with van der Waals surface area (Å²) >= 11 is 0. The Morgan fingerprint density at radius 2 is 2.13 bits per heavy atom. The largest absolute Gasteiger partial charge is 0.343 e. The smallest absolute Gasteiger partial charge is 0.322 e. The van der Waals surface area contributed by atoms with E-state index in [1.165, 1.54) is 19.3 Å². The Hall–Kier alpha value is -1.10. The molecule has 2 rings (SSSR count). The molecule has 15 heavy (non-hydrogen) atoms. The summed E-state index contributed by atoms with van der Waals surface area (Å²) in [5, 5.41) is 6.48. The van der Waals surface area contributed by atoms with Gasteiger partial charge in [0.1, 0.15) is 5.82 Å². The normalized spacial score (nSPS) is 20.4. The number of nitrogens with two attached hydrogens (primary N) is 1. The SMILES string of the molecule is CC(N)c1n[nH]c(=O)n1C1CCCCC1. The molecule has 0 bridgehead atoms. The minimum absolute atomic E-state index is 0.116. The number of aromatic nitrogens is 3. The second-order valence-corrected chi connectivity index (χ2v) is 4.34. The van der Waals surface area contributed by atoms with Gasteiger partial charge in [0.2, 0.25) is 0 Å². The molecule has 1 aromatic heterocycles. The molecule has 1 unspecified atom stereocenters. The average Bonchev–Trinajstić information content (AvgIpc) is 2.61. The van der Waals surface area contributed by atoms with E-state index in [1.807, 2.05) is 6.92 Å². The van der Waals surface area contributed by atoms with E-state index in [0.29, 0.717) is 11.9 Å². The lowest BCUT2D eigenvalue weighted by Gasteiger charge is -2.23. The van der Waals surface area contributed by atoms with E-state index in [4.69, 9.17) is 5.73 Å². The highest BCUT2D eigenvalue weighted by molar-refractivity contribution is 4.95. The molecule has 0 saturated heterocycles. The van der Waals surface area contributed by atoms with Gasteiger partial charge in [-0.3, -0.25) is 4.57 Å². The number of aromatic amines is 1. The first-order chi connectivity index (χ1) is 7.20. The molecular formula is C10H18N4O. The first-order valence-corrected chi connectivity index (χ1v) is 5.62. The van der Waals surface area contributed by atoms with Crippen LogP contribution in [0.5, 0.6) is 0 Å². The van der Waals surface area contributed by atoms with E-state index in [9.17, 15) is 4.79 Å². The molecule has 5 nitrogen and oxygen atoms in total. The zero-order valence-electron chi connectivity index (χ0n) is 9.07. The van der Waals surface area contributed by atoms with Crippen LogP contribution in [0.4, 0.5) is 0 Å². The van der Waals surface area contributed by atoms with Crippen molar-refractivity contribution in [1.29, 1.82) is 0 Å². The Morgan fingerprint density at radius 3 is 2.73 bits per heavy atom. The Balaban J connectivity index is 2.32. The zero-order chi connectivity index (χ0) is 10.8. The standard InChI is InChI=1S/C10H18N4O/c1-7(11)9-12-13-10(15)14(9)8-5-3-2-4-6-8/h7-8H,2-6,11H2,1H3,(H,13,15). The predicted octanol–water partition coefficient (Wildman–Crippen LogP) is 1.10. The van der Waals surface area contributed by atoms with Gasteiger partial charge >= 0.3 is 5.69 Å². The molecule has 0 amide bonds. The third-order valence-corrected chi connectivity index (χ3v) is 3.08. The number of nitrogens with one attached hydrogen (secondary N) is 1. The monoisotopic (exact) mass is 210 g/mol. The molecule has 1 aromatic rings. The number of hydrogen-bond donors (Lipinski definition) is 2. The summed E-state index contributed by atoms with van der Waals surface area (Å²) in [4.78, 5) is 11.6. The van der Waals surface area contributed by atoms with Crippen molar-refractivity contribution < 1.29 is 0 Å². The second-order valence-electron chi connectivity index (χ2n) is 4.34. The summed E-state index contributed by atoms with van der Waals surface area (Å²) in [5.41, 5.74) is 5.68. The van der Waals surface area contributed by atoms with Crippen molar-refractivity contribution in [3.05, 3.63) is 16.3 Å². The maximum Gasteiger partial charge on any atom is 0.343 e. The third-order valence-electron chi connectivity index (χ3n) is 3.08. The Kier molecular flexibility index (Phi) is 2.90. The fourth-order valence-corrected chi connectivity index (χ4v) is 2.33.